The SMILES string of the molecule is CC(C)c1ccccc1N=c1scc(-c2ccc(F)cc2)n1CCCn1ccnc1. The summed E-state index contributed by atoms with van der Waals surface area (Å²) in [5.74, 6) is 0.174. The van der Waals surface area contributed by atoms with Crippen molar-refractivity contribution in [3.05, 3.63) is 88.8 Å². The molecule has 0 saturated carbocycles. The summed E-state index contributed by atoms with van der Waals surface area (Å²) in [4.78, 5) is 10.1. The normalized spacial score (nSPS) is 12.1. The van der Waals surface area contributed by atoms with Gasteiger partial charge in [0, 0.05) is 30.9 Å². The molecule has 0 radical (unpaired) electrons. The van der Waals surface area contributed by atoms with E-state index in [-0.39, 0.29) is 5.82 Å². The van der Waals surface area contributed by atoms with Crippen molar-refractivity contribution in [2.45, 2.75) is 39.3 Å². The smallest absolute Gasteiger partial charge is 0.190 e. The molecule has 4 nitrogen and oxygen atoms in total. The van der Waals surface area contributed by atoms with Gasteiger partial charge in [0.2, 0.25) is 0 Å². The second-order valence-corrected chi connectivity index (χ2v) is 8.38. The number of para-hydroxylation sites is 1. The van der Waals surface area contributed by atoms with E-state index in [0.29, 0.717) is 5.92 Å². The lowest BCUT2D eigenvalue weighted by Crippen LogP contribution is -2.17. The predicted octanol–water partition coefficient (Wildman–Crippen LogP) is 6.00. The molecule has 0 spiro atoms. The number of rotatable bonds is 7. The van der Waals surface area contributed by atoms with E-state index in [1.807, 2.05) is 30.7 Å². The minimum absolute atomic E-state index is 0.226. The zero-order chi connectivity index (χ0) is 20.9. The molecule has 0 N–H and O–H groups in total. The third kappa shape index (κ3) is 4.60. The Morgan fingerprint density at radius 1 is 1.07 bits per heavy atom. The molecule has 0 atom stereocenters. The van der Waals surface area contributed by atoms with Gasteiger partial charge >= 0.3 is 0 Å². The first-order valence-electron chi connectivity index (χ1n) is 10.2. The topological polar surface area (TPSA) is 35.1 Å². The Morgan fingerprint density at radius 3 is 2.60 bits per heavy atom. The van der Waals surface area contributed by atoms with Gasteiger partial charge in [-0.3, -0.25) is 0 Å². The standard InChI is InChI=1S/C24H25FN4S/c1-18(2)21-6-3-4-7-22(21)27-24-29(14-5-13-28-15-12-26-17-28)23(16-30-24)19-8-10-20(25)11-9-19/h3-4,6-12,15-18H,5,13-14H2,1-2H3. The van der Waals surface area contributed by atoms with Gasteiger partial charge in [-0.1, -0.05) is 32.0 Å². The molecule has 4 rings (SSSR count). The van der Waals surface area contributed by atoms with Crippen LogP contribution in [-0.2, 0) is 13.1 Å². The maximum Gasteiger partial charge on any atom is 0.190 e. The van der Waals surface area contributed by atoms with Crippen molar-refractivity contribution < 1.29 is 4.39 Å². The van der Waals surface area contributed by atoms with Crippen molar-refractivity contribution in [3.8, 4) is 11.3 Å². The molecule has 30 heavy (non-hydrogen) atoms. The lowest BCUT2D eigenvalue weighted by atomic mass is 10.0. The van der Waals surface area contributed by atoms with Crippen molar-refractivity contribution >= 4 is 17.0 Å². The van der Waals surface area contributed by atoms with Crippen molar-refractivity contribution in [2.75, 3.05) is 0 Å². The fourth-order valence-electron chi connectivity index (χ4n) is 3.50. The molecule has 0 unspecified atom stereocenters. The largest absolute Gasteiger partial charge is 0.337 e. The lowest BCUT2D eigenvalue weighted by Gasteiger charge is -2.11. The van der Waals surface area contributed by atoms with Gasteiger partial charge in [0.15, 0.2) is 4.80 Å². The van der Waals surface area contributed by atoms with E-state index in [1.165, 1.54) is 17.7 Å². The summed E-state index contributed by atoms with van der Waals surface area (Å²) >= 11 is 1.62. The van der Waals surface area contributed by atoms with Crippen LogP contribution >= 0.6 is 11.3 Å². The summed E-state index contributed by atoms with van der Waals surface area (Å²) in [5, 5.41) is 2.11. The lowest BCUT2D eigenvalue weighted by molar-refractivity contribution is 0.559. The number of thiazole rings is 1. The van der Waals surface area contributed by atoms with Gasteiger partial charge in [-0.2, -0.15) is 0 Å². The molecule has 0 amide bonds. The summed E-state index contributed by atoms with van der Waals surface area (Å²) in [6.07, 6.45) is 6.55. The molecular formula is C24H25FN4S. The van der Waals surface area contributed by atoms with Gasteiger partial charge in [0.05, 0.1) is 17.7 Å². The van der Waals surface area contributed by atoms with Crippen LogP contribution < -0.4 is 4.80 Å². The van der Waals surface area contributed by atoms with Crippen molar-refractivity contribution in [1.29, 1.82) is 0 Å². The predicted molar refractivity (Wildman–Crippen MR) is 120 cm³/mol. The molecule has 0 bridgehead atoms. The molecular weight excluding hydrogens is 395 g/mol. The van der Waals surface area contributed by atoms with Crippen LogP contribution in [0.3, 0.4) is 0 Å². The first kappa shape index (κ1) is 20.3. The van der Waals surface area contributed by atoms with E-state index in [2.05, 4.69) is 51.5 Å². The van der Waals surface area contributed by atoms with Crippen LogP contribution in [-0.4, -0.2) is 14.1 Å². The zero-order valence-corrected chi connectivity index (χ0v) is 18.0. The van der Waals surface area contributed by atoms with E-state index < -0.39 is 0 Å². The highest BCUT2D eigenvalue weighted by Crippen LogP contribution is 2.27. The van der Waals surface area contributed by atoms with Gasteiger partial charge < -0.3 is 9.13 Å². The Kier molecular flexibility index (Phi) is 6.23. The Balaban J connectivity index is 1.73. The van der Waals surface area contributed by atoms with E-state index in [9.17, 15) is 4.39 Å². The maximum atomic E-state index is 13.4. The number of benzene rings is 2. The Labute approximate surface area is 180 Å². The number of aryl methyl sites for hydroxylation is 1. The average molecular weight is 421 g/mol. The highest BCUT2D eigenvalue weighted by molar-refractivity contribution is 7.07. The molecule has 2 heterocycles. The van der Waals surface area contributed by atoms with Crippen LogP contribution in [0.25, 0.3) is 11.3 Å². The number of nitrogens with zero attached hydrogens (tertiary/aromatic N) is 4. The summed E-state index contributed by atoms with van der Waals surface area (Å²) < 4.78 is 17.8. The third-order valence-corrected chi connectivity index (χ3v) is 5.93. The monoisotopic (exact) mass is 420 g/mol. The average Bonchev–Trinajstić information content (AvgIpc) is 3.40. The summed E-state index contributed by atoms with van der Waals surface area (Å²) in [7, 11) is 0. The Hall–Kier alpha value is -2.99. The first-order valence-corrected chi connectivity index (χ1v) is 11.0. The summed E-state index contributed by atoms with van der Waals surface area (Å²) in [6, 6.07) is 15.0. The zero-order valence-electron chi connectivity index (χ0n) is 17.2. The fraction of sp³-hybridized carbons (Fsp3) is 0.250. The molecule has 0 fully saturated rings. The maximum absolute atomic E-state index is 13.4. The summed E-state index contributed by atoms with van der Waals surface area (Å²) in [6.45, 7) is 6.07. The van der Waals surface area contributed by atoms with E-state index in [1.54, 1.807) is 17.5 Å². The molecule has 0 saturated heterocycles. The van der Waals surface area contributed by atoms with Crippen molar-refractivity contribution in [2.24, 2.45) is 4.99 Å². The minimum Gasteiger partial charge on any atom is -0.337 e. The van der Waals surface area contributed by atoms with Crippen molar-refractivity contribution in [1.82, 2.24) is 14.1 Å². The molecule has 154 valence electrons. The number of aromatic nitrogens is 3. The Bertz CT molecular complexity index is 1150. The number of hydrogen-bond acceptors (Lipinski definition) is 3. The number of imidazole rings is 1. The number of hydrogen-bond donors (Lipinski definition) is 0. The molecule has 6 heteroatoms. The fourth-order valence-corrected chi connectivity index (χ4v) is 4.45. The quantitative estimate of drug-likeness (QED) is 0.361. The molecule has 2 aromatic carbocycles. The van der Waals surface area contributed by atoms with Gasteiger partial charge in [0.25, 0.3) is 0 Å². The molecule has 0 aliphatic rings. The molecule has 0 aliphatic heterocycles. The van der Waals surface area contributed by atoms with Crippen LogP contribution in [0.15, 0.2) is 77.6 Å². The van der Waals surface area contributed by atoms with Crippen molar-refractivity contribution in [3.63, 3.8) is 0 Å². The van der Waals surface area contributed by atoms with Crippen LogP contribution in [0.4, 0.5) is 10.1 Å². The first-order chi connectivity index (χ1) is 14.6. The second-order valence-electron chi connectivity index (χ2n) is 7.54. The summed E-state index contributed by atoms with van der Waals surface area (Å²) in [5.41, 5.74) is 4.29. The highest BCUT2D eigenvalue weighted by atomic mass is 32.1. The van der Waals surface area contributed by atoms with Crippen LogP contribution in [0, 0.1) is 5.82 Å². The second kappa shape index (κ2) is 9.22. The number of halogens is 1. The van der Waals surface area contributed by atoms with E-state index >= 15 is 0 Å². The molecule has 2 aromatic heterocycles. The highest BCUT2D eigenvalue weighted by Gasteiger charge is 2.10. The third-order valence-electron chi connectivity index (χ3n) is 5.07. The minimum atomic E-state index is -0.226. The molecule has 0 aliphatic carbocycles. The van der Waals surface area contributed by atoms with Crippen LogP contribution in [0.1, 0.15) is 31.7 Å². The Morgan fingerprint density at radius 2 is 1.87 bits per heavy atom. The van der Waals surface area contributed by atoms with Gasteiger partial charge in [-0.25, -0.2) is 14.4 Å². The van der Waals surface area contributed by atoms with Gasteiger partial charge in [-0.05, 0) is 53.8 Å². The van der Waals surface area contributed by atoms with Crippen LogP contribution in [0.5, 0.6) is 0 Å². The molecule has 4 aromatic rings. The van der Waals surface area contributed by atoms with Crippen LogP contribution in [0.2, 0.25) is 0 Å². The van der Waals surface area contributed by atoms with Gasteiger partial charge in [-0.15, -0.1) is 11.3 Å². The van der Waals surface area contributed by atoms with Gasteiger partial charge in [0.1, 0.15) is 5.82 Å². The van der Waals surface area contributed by atoms with E-state index in [4.69, 9.17) is 4.99 Å². The van der Waals surface area contributed by atoms with E-state index in [0.717, 1.165) is 41.3 Å².